The summed E-state index contributed by atoms with van der Waals surface area (Å²) in [6, 6.07) is 6.14. The second-order valence-corrected chi connectivity index (χ2v) is 6.93. The zero-order valence-electron chi connectivity index (χ0n) is 14.2. The van der Waals surface area contributed by atoms with Crippen molar-refractivity contribution in [1.82, 2.24) is 4.90 Å². The van der Waals surface area contributed by atoms with Gasteiger partial charge in [-0.05, 0) is 68.7 Å². The van der Waals surface area contributed by atoms with E-state index in [4.69, 9.17) is 4.74 Å². The van der Waals surface area contributed by atoms with Crippen molar-refractivity contribution in [2.45, 2.75) is 51.5 Å². The van der Waals surface area contributed by atoms with Gasteiger partial charge in [0.05, 0.1) is 5.92 Å². The summed E-state index contributed by atoms with van der Waals surface area (Å²) in [5, 5.41) is 9.18. The van der Waals surface area contributed by atoms with Gasteiger partial charge >= 0.3 is 5.97 Å². The van der Waals surface area contributed by atoms with Crippen LogP contribution in [0.2, 0.25) is 0 Å². The molecule has 1 aliphatic heterocycles. The molecule has 130 valence electrons. The quantitative estimate of drug-likeness (QED) is 0.921. The van der Waals surface area contributed by atoms with Crippen molar-refractivity contribution < 1.29 is 19.4 Å². The number of likely N-dealkylation sites (tertiary alicyclic amines) is 1. The van der Waals surface area contributed by atoms with Crippen molar-refractivity contribution >= 4 is 11.9 Å². The summed E-state index contributed by atoms with van der Waals surface area (Å²) >= 11 is 0. The van der Waals surface area contributed by atoms with Crippen LogP contribution in [0.5, 0.6) is 5.75 Å². The number of rotatable bonds is 4. The summed E-state index contributed by atoms with van der Waals surface area (Å²) in [5.41, 5.74) is 2.71. The van der Waals surface area contributed by atoms with E-state index in [1.54, 1.807) is 4.90 Å². The molecule has 0 saturated carbocycles. The molecule has 5 heteroatoms. The van der Waals surface area contributed by atoms with Gasteiger partial charge in [-0.3, -0.25) is 9.59 Å². The van der Waals surface area contributed by atoms with Crippen molar-refractivity contribution in [1.29, 1.82) is 0 Å². The molecule has 24 heavy (non-hydrogen) atoms. The molecule has 2 aliphatic rings. The fraction of sp³-hybridized carbons (Fsp3) is 0.579. The molecule has 2 atom stereocenters. The van der Waals surface area contributed by atoms with Gasteiger partial charge in [0.1, 0.15) is 5.75 Å². The zero-order valence-corrected chi connectivity index (χ0v) is 14.2. The van der Waals surface area contributed by atoms with E-state index in [0.29, 0.717) is 6.42 Å². The second kappa shape index (κ2) is 7.24. The Morgan fingerprint density at radius 1 is 1.21 bits per heavy atom. The maximum absolute atomic E-state index is 12.4. The van der Waals surface area contributed by atoms with E-state index in [1.165, 1.54) is 24.0 Å². The van der Waals surface area contributed by atoms with Gasteiger partial charge in [0.25, 0.3) is 5.91 Å². The lowest BCUT2D eigenvalue weighted by Gasteiger charge is -2.36. The standard InChI is InChI=1S/C19H25NO4/c1-13-6-7-16(19(22)23)11-20(13)18(21)12-24-17-9-8-14-4-2-3-5-15(14)10-17/h8-10,13,16H,2-7,11-12H2,1H3,(H,22,23). The van der Waals surface area contributed by atoms with Crippen molar-refractivity contribution in [2.75, 3.05) is 13.2 Å². The predicted octanol–water partition coefficient (Wildman–Crippen LogP) is 2.66. The molecule has 1 fully saturated rings. The Hall–Kier alpha value is -2.04. The van der Waals surface area contributed by atoms with Crippen LogP contribution in [0, 0.1) is 5.92 Å². The van der Waals surface area contributed by atoms with Gasteiger partial charge in [0.2, 0.25) is 0 Å². The largest absolute Gasteiger partial charge is 0.484 e. The molecule has 0 spiro atoms. The van der Waals surface area contributed by atoms with Crippen molar-refractivity contribution in [3.05, 3.63) is 29.3 Å². The van der Waals surface area contributed by atoms with Crippen LogP contribution >= 0.6 is 0 Å². The Morgan fingerprint density at radius 3 is 2.71 bits per heavy atom. The summed E-state index contributed by atoms with van der Waals surface area (Å²) in [7, 11) is 0. The van der Waals surface area contributed by atoms with E-state index in [0.717, 1.165) is 25.0 Å². The Balaban J connectivity index is 1.59. The lowest BCUT2D eigenvalue weighted by molar-refractivity contribution is -0.147. The number of fused-ring (bicyclic) bond motifs is 1. The number of hydrogen-bond donors (Lipinski definition) is 1. The van der Waals surface area contributed by atoms with Gasteiger partial charge in [-0.1, -0.05) is 6.07 Å². The number of ether oxygens (including phenoxy) is 1. The first kappa shape index (κ1) is 16.8. The lowest BCUT2D eigenvalue weighted by Crippen LogP contribution is -2.49. The van der Waals surface area contributed by atoms with Gasteiger partial charge in [0.15, 0.2) is 6.61 Å². The van der Waals surface area contributed by atoms with Crippen LogP contribution < -0.4 is 4.74 Å². The van der Waals surface area contributed by atoms with Crippen molar-refractivity contribution in [2.24, 2.45) is 5.92 Å². The molecule has 0 aromatic heterocycles. The molecule has 0 radical (unpaired) electrons. The molecular formula is C19H25NO4. The molecule has 3 rings (SSSR count). The molecule has 1 aromatic rings. The smallest absolute Gasteiger partial charge is 0.308 e. The molecule has 1 heterocycles. The SMILES string of the molecule is CC1CCC(C(=O)O)CN1C(=O)COc1ccc2c(c1)CCCC2. The Labute approximate surface area is 142 Å². The first-order valence-electron chi connectivity index (χ1n) is 8.81. The monoisotopic (exact) mass is 331 g/mol. The Bertz CT molecular complexity index is 628. The minimum atomic E-state index is -0.824. The summed E-state index contributed by atoms with van der Waals surface area (Å²) in [6.45, 7) is 2.22. The number of nitrogens with zero attached hydrogens (tertiary/aromatic N) is 1. The van der Waals surface area contributed by atoms with Crippen molar-refractivity contribution in [3.8, 4) is 5.75 Å². The first-order valence-corrected chi connectivity index (χ1v) is 8.81. The molecule has 2 unspecified atom stereocenters. The topological polar surface area (TPSA) is 66.8 Å². The zero-order chi connectivity index (χ0) is 17.1. The van der Waals surface area contributed by atoms with E-state index in [-0.39, 0.29) is 25.1 Å². The van der Waals surface area contributed by atoms with E-state index < -0.39 is 11.9 Å². The van der Waals surface area contributed by atoms with Crippen LogP contribution in [0.4, 0.5) is 0 Å². The van der Waals surface area contributed by atoms with Gasteiger partial charge in [-0.25, -0.2) is 0 Å². The van der Waals surface area contributed by atoms with Crippen LogP contribution in [0.1, 0.15) is 43.7 Å². The Kier molecular flexibility index (Phi) is 5.07. The number of carbonyl (C=O) groups excluding carboxylic acids is 1. The lowest BCUT2D eigenvalue weighted by atomic mass is 9.92. The predicted molar refractivity (Wildman–Crippen MR) is 90.1 cm³/mol. The highest BCUT2D eigenvalue weighted by Gasteiger charge is 2.32. The van der Waals surface area contributed by atoms with Crippen LogP contribution in [0.25, 0.3) is 0 Å². The molecule has 1 aromatic carbocycles. The average molecular weight is 331 g/mol. The number of hydrogen-bond acceptors (Lipinski definition) is 3. The normalized spacial score (nSPS) is 23.5. The molecule has 1 amide bonds. The van der Waals surface area contributed by atoms with E-state index in [9.17, 15) is 14.7 Å². The maximum Gasteiger partial charge on any atom is 0.308 e. The molecule has 0 bridgehead atoms. The molecular weight excluding hydrogens is 306 g/mol. The van der Waals surface area contributed by atoms with Crippen LogP contribution in [-0.2, 0) is 22.4 Å². The average Bonchev–Trinajstić information content (AvgIpc) is 2.59. The van der Waals surface area contributed by atoms with E-state index in [1.807, 2.05) is 19.1 Å². The van der Waals surface area contributed by atoms with Crippen LogP contribution in [0.15, 0.2) is 18.2 Å². The number of carboxylic acids is 1. The van der Waals surface area contributed by atoms with Gasteiger partial charge in [-0.15, -0.1) is 0 Å². The minimum Gasteiger partial charge on any atom is -0.484 e. The highest BCUT2D eigenvalue weighted by molar-refractivity contribution is 5.79. The molecule has 1 saturated heterocycles. The number of carbonyl (C=O) groups is 2. The number of carboxylic acid groups (broad SMARTS) is 1. The third-order valence-electron chi connectivity index (χ3n) is 5.23. The number of aryl methyl sites for hydroxylation is 2. The van der Waals surface area contributed by atoms with E-state index in [2.05, 4.69) is 6.07 Å². The number of piperidine rings is 1. The second-order valence-electron chi connectivity index (χ2n) is 6.93. The number of benzene rings is 1. The van der Waals surface area contributed by atoms with Crippen LogP contribution in [0.3, 0.4) is 0 Å². The third kappa shape index (κ3) is 3.71. The first-order chi connectivity index (χ1) is 11.5. The summed E-state index contributed by atoms with van der Waals surface area (Å²) in [4.78, 5) is 25.3. The summed E-state index contributed by atoms with van der Waals surface area (Å²) in [6.07, 6.45) is 5.99. The fourth-order valence-corrected chi connectivity index (χ4v) is 3.68. The number of aliphatic carboxylic acids is 1. The third-order valence-corrected chi connectivity index (χ3v) is 5.23. The maximum atomic E-state index is 12.4. The van der Waals surface area contributed by atoms with Gasteiger partial charge < -0.3 is 14.7 Å². The van der Waals surface area contributed by atoms with Crippen LogP contribution in [-0.4, -0.2) is 41.1 Å². The van der Waals surface area contributed by atoms with E-state index >= 15 is 0 Å². The highest BCUT2D eigenvalue weighted by Crippen LogP contribution is 2.26. The van der Waals surface area contributed by atoms with Gasteiger partial charge in [-0.2, -0.15) is 0 Å². The highest BCUT2D eigenvalue weighted by atomic mass is 16.5. The summed E-state index contributed by atoms with van der Waals surface area (Å²) < 4.78 is 5.69. The van der Waals surface area contributed by atoms with Crippen molar-refractivity contribution in [3.63, 3.8) is 0 Å². The Morgan fingerprint density at radius 2 is 1.96 bits per heavy atom. The van der Waals surface area contributed by atoms with Gasteiger partial charge in [0, 0.05) is 12.6 Å². The molecule has 5 nitrogen and oxygen atoms in total. The summed E-state index contributed by atoms with van der Waals surface area (Å²) in [5.74, 6) is -0.696. The number of amides is 1. The molecule has 1 aliphatic carbocycles. The fourth-order valence-electron chi connectivity index (χ4n) is 3.68. The minimum absolute atomic E-state index is 0.0323. The molecule has 1 N–H and O–H groups in total.